The van der Waals surface area contributed by atoms with Crippen molar-refractivity contribution in [3.8, 4) is 0 Å². The van der Waals surface area contributed by atoms with Crippen LogP contribution in [-0.2, 0) is 9.53 Å². The molecule has 2 unspecified atom stereocenters. The Bertz CT molecular complexity index is 509. The summed E-state index contributed by atoms with van der Waals surface area (Å²) in [7, 11) is 0. The van der Waals surface area contributed by atoms with E-state index in [1.165, 1.54) is 16.7 Å². The maximum Gasteiger partial charge on any atom is 0.238 e. The smallest absolute Gasteiger partial charge is 0.238 e. The second-order valence-electron chi connectivity index (χ2n) is 5.92. The van der Waals surface area contributed by atoms with Gasteiger partial charge < -0.3 is 9.64 Å². The van der Waals surface area contributed by atoms with Crippen molar-refractivity contribution in [2.75, 3.05) is 26.3 Å². The Morgan fingerprint density at radius 1 is 1.40 bits per heavy atom. The lowest BCUT2D eigenvalue weighted by molar-refractivity contribution is -0.128. The molecule has 2 saturated heterocycles. The molecule has 3 rings (SSSR count). The molecule has 2 aliphatic heterocycles. The summed E-state index contributed by atoms with van der Waals surface area (Å²) in [6.45, 7) is 7.04. The van der Waals surface area contributed by atoms with Gasteiger partial charge in [0, 0.05) is 19.1 Å². The number of ether oxygens (including phenoxy) is 1. The fraction of sp³-hybridized carbons (Fsp3) is 0.562. The summed E-state index contributed by atoms with van der Waals surface area (Å²) in [5.41, 5.74) is 3.68. The average molecular weight is 274 g/mol. The van der Waals surface area contributed by atoms with Crippen molar-refractivity contribution in [2.24, 2.45) is 5.92 Å². The molecule has 4 nitrogen and oxygen atoms in total. The number of rotatable bonds is 3. The lowest BCUT2D eigenvalue weighted by Gasteiger charge is -2.28. The van der Waals surface area contributed by atoms with E-state index in [4.69, 9.17) is 4.74 Å². The number of nitrogens with one attached hydrogen (secondary N) is 1. The monoisotopic (exact) mass is 274 g/mol. The highest BCUT2D eigenvalue weighted by Crippen LogP contribution is 2.28. The molecule has 4 heteroatoms. The van der Waals surface area contributed by atoms with Crippen LogP contribution in [0.2, 0.25) is 0 Å². The van der Waals surface area contributed by atoms with Crippen LogP contribution in [-0.4, -0.2) is 37.1 Å². The second-order valence-corrected chi connectivity index (χ2v) is 5.92. The van der Waals surface area contributed by atoms with Gasteiger partial charge in [0.2, 0.25) is 5.91 Å². The lowest BCUT2D eigenvalue weighted by atomic mass is 10.0. The fourth-order valence-electron chi connectivity index (χ4n) is 3.08. The van der Waals surface area contributed by atoms with Crippen LogP contribution in [0.1, 0.15) is 29.3 Å². The van der Waals surface area contributed by atoms with Crippen LogP contribution >= 0.6 is 0 Å². The van der Waals surface area contributed by atoms with E-state index in [9.17, 15) is 4.79 Å². The van der Waals surface area contributed by atoms with E-state index in [2.05, 4.69) is 37.4 Å². The molecule has 1 N–H and O–H groups in total. The van der Waals surface area contributed by atoms with Gasteiger partial charge in [-0.25, -0.2) is 0 Å². The molecule has 108 valence electrons. The predicted molar refractivity (Wildman–Crippen MR) is 77.3 cm³/mol. The zero-order valence-corrected chi connectivity index (χ0v) is 12.2. The quantitative estimate of drug-likeness (QED) is 0.913. The highest BCUT2D eigenvalue weighted by atomic mass is 16.5. The zero-order chi connectivity index (χ0) is 14.1. The van der Waals surface area contributed by atoms with Crippen LogP contribution in [0.4, 0.5) is 0 Å². The van der Waals surface area contributed by atoms with Crippen molar-refractivity contribution in [3.63, 3.8) is 0 Å². The van der Waals surface area contributed by atoms with Gasteiger partial charge in [0.15, 0.2) is 0 Å². The zero-order valence-electron chi connectivity index (χ0n) is 12.2. The van der Waals surface area contributed by atoms with Gasteiger partial charge in [0.25, 0.3) is 0 Å². The first-order valence-electron chi connectivity index (χ1n) is 7.33. The largest absolute Gasteiger partial charge is 0.381 e. The van der Waals surface area contributed by atoms with Crippen LogP contribution < -0.4 is 5.32 Å². The lowest BCUT2D eigenvalue weighted by Crippen LogP contribution is -2.35. The molecule has 2 heterocycles. The second kappa shape index (κ2) is 5.54. The Kier molecular flexibility index (Phi) is 3.76. The minimum atomic E-state index is 0.0167. The molecular weight excluding hydrogens is 252 g/mol. The third kappa shape index (κ3) is 2.58. The van der Waals surface area contributed by atoms with Crippen molar-refractivity contribution >= 4 is 5.91 Å². The molecule has 0 saturated carbocycles. The van der Waals surface area contributed by atoms with E-state index in [1.54, 1.807) is 0 Å². The number of carbonyl (C=O) groups is 1. The number of nitrogens with zero attached hydrogens (tertiary/aromatic N) is 1. The predicted octanol–water partition coefficient (Wildman–Crippen LogP) is 1.77. The van der Waals surface area contributed by atoms with Gasteiger partial charge in [0.05, 0.1) is 13.2 Å². The molecule has 0 bridgehead atoms. The molecule has 2 fully saturated rings. The third-order valence-electron chi connectivity index (χ3n) is 4.29. The van der Waals surface area contributed by atoms with Gasteiger partial charge in [-0.15, -0.1) is 0 Å². The van der Waals surface area contributed by atoms with Crippen molar-refractivity contribution in [1.82, 2.24) is 10.2 Å². The van der Waals surface area contributed by atoms with Gasteiger partial charge in [0.1, 0.15) is 6.17 Å². The van der Waals surface area contributed by atoms with Crippen molar-refractivity contribution in [1.29, 1.82) is 0 Å². The number of amides is 1. The van der Waals surface area contributed by atoms with Gasteiger partial charge in [-0.2, -0.15) is 0 Å². The van der Waals surface area contributed by atoms with E-state index < -0.39 is 0 Å². The Labute approximate surface area is 120 Å². The Morgan fingerprint density at radius 2 is 2.25 bits per heavy atom. The molecular formula is C16H22N2O2. The Balaban J connectivity index is 1.83. The first-order chi connectivity index (χ1) is 9.65. The Morgan fingerprint density at radius 3 is 3.00 bits per heavy atom. The fourth-order valence-corrected chi connectivity index (χ4v) is 3.08. The average Bonchev–Trinajstić information content (AvgIpc) is 3.05. The van der Waals surface area contributed by atoms with Crippen LogP contribution in [0, 0.1) is 19.8 Å². The molecule has 1 amide bonds. The number of carbonyl (C=O) groups excluding carboxylic acids is 1. The molecule has 0 aliphatic carbocycles. The summed E-state index contributed by atoms with van der Waals surface area (Å²) in [6, 6.07) is 6.43. The highest BCUT2D eigenvalue weighted by molar-refractivity contribution is 5.81. The number of benzene rings is 1. The summed E-state index contributed by atoms with van der Waals surface area (Å²) in [5.74, 6) is 0.675. The maximum absolute atomic E-state index is 12.2. The summed E-state index contributed by atoms with van der Waals surface area (Å²) < 4.78 is 5.43. The van der Waals surface area contributed by atoms with E-state index in [1.807, 2.05) is 4.90 Å². The van der Waals surface area contributed by atoms with E-state index >= 15 is 0 Å². The molecule has 2 aliphatic rings. The molecule has 0 spiro atoms. The summed E-state index contributed by atoms with van der Waals surface area (Å²) >= 11 is 0. The van der Waals surface area contributed by atoms with Crippen LogP contribution in [0.3, 0.4) is 0 Å². The standard InChI is InChI=1S/C16H22N2O2/c1-11-3-4-12(2)14(7-11)16-17-8-15(19)18(16)9-13-5-6-20-10-13/h3-4,7,13,16-17H,5-6,8-10H2,1-2H3. The number of aryl methyl sites for hydroxylation is 2. The summed E-state index contributed by atoms with van der Waals surface area (Å²) in [5, 5.41) is 3.35. The Hall–Kier alpha value is -1.39. The third-order valence-corrected chi connectivity index (χ3v) is 4.29. The normalized spacial score (nSPS) is 26.5. The summed E-state index contributed by atoms with van der Waals surface area (Å²) in [4.78, 5) is 14.2. The van der Waals surface area contributed by atoms with Crippen LogP contribution in [0.15, 0.2) is 18.2 Å². The maximum atomic E-state index is 12.2. The van der Waals surface area contributed by atoms with E-state index in [-0.39, 0.29) is 12.1 Å². The molecule has 1 aromatic rings. The highest BCUT2D eigenvalue weighted by Gasteiger charge is 2.34. The van der Waals surface area contributed by atoms with Gasteiger partial charge in [-0.3, -0.25) is 10.1 Å². The van der Waals surface area contributed by atoms with E-state index in [0.717, 1.165) is 26.2 Å². The number of hydrogen-bond acceptors (Lipinski definition) is 3. The van der Waals surface area contributed by atoms with Gasteiger partial charge in [-0.05, 0) is 31.4 Å². The molecule has 0 aromatic heterocycles. The minimum absolute atomic E-state index is 0.0167. The molecule has 0 radical (unpaired) electrons. The molecule has 20 heavy (non-hydrogen) atoms. The van der Waals surface area contributed by atoms with Gasteiger partial charge in [-0.1, -0.05) is 23.8 Å². The molecule has 1 aromatic carbocycles. The van der Waals surface area contributed by atoms with Crippen LogP contribution in [0.25, 0.3) is 0 Å². The molecule has 2 atom stereocenters. The number of hydrogen-bond donors (Lipinski definition) is 1. The SMILES string of the molecule is Cc1ccc(C)c(C2NCC(=O)N2CC2CCOC2)c1. The van der Waals surface area contributed by atoms with Crippen LogP contribution in [0.5, 0.6) is 0 Å². The van der Waals surface area contributed by atoms with Gasteiger partial charge >= 0.3 is 0 Å². The van der Waals surface area contributed by atoms with Crippen molar-refractivity contribution in [3.05, 3.63) is 34.9 Å². The first kappa shape index (κ1) is 13.6. The first-order valence-corrected chi connectivity index (χ1v) is 7.33. The van der Waals surface area contributed by atoms with E-state index in [0.29, 0.717) is 12.5 Å². The summed E-state index contributed by atoms with van der Waals surface area (Å²) in [6.07, 6.45) is 1.08. The minimum Gasteiger partial charge on any atom is -0.381 e. The van der Waals surface area contributed by atoms with Crippen molar-refractivity contribution in [2.45, 2.75) is 26.4 Å². The topological polar surface area (TPSA) is 41.6 Å². The van der Waals surface area contributed by atoms with Crippen molar-refractivity contribution < 1.29 is 9.53 Å².